The summed E-state index contributed by atoms with van der Waals surface area (Å²) in [5, 5.41) is 6.25. The summed E-state index contributed by atoms with van der Waals surface area (Å²) in [6, 6.07) is 5.27. The van der Waals surface area contributed by atoms with Crippen LogP contribution in [0.2, 0.25) is 0 Å². The fourth-order valence-corrected chi connectivity index (χ4v) is 3.31. The normalized spacial score (nSPS) is 21.0. The molecule has 0 bridgehead atoms. The zero-order valence-corrected chi connectivity index (χ0v) is 16.0. The average Bonchev–Trinajstić information content (AvgIpc) is 3.04. The highest BCUT2D eigenvalue weighted by Gasteiger charge is 2.37. The SMILES string of the molecule is COCCNC(=O)[C@@H]1C[C@@H](NCc2ccc(C(F)(F)F)cc2)CN1C(C)C. The van der Waals surface area contributed by atoms with Gasteiger partial charge in [0, 0.05) is 38.8 Å². The minimum absolute atomic E-state index is 0.0143. The van der Waals surface area contributed by atoms with Crippen molar-refractivity contribution in [3.63, 3.8) is 0 Å². The van der Waals surface area contributed by atoms with Crippen molar-refractivity contribution < 1.29 is 22.7 Å². The van der Waals surface area contributed by atoms with Gasteiger partial charge in [-0.1, -0.05) is 12.1 Å². The van der Waals surface area contributed by atoms with E-state index in [1.165, 1.54) is 12.1 Å². The molecule has 27 heavy (non-hydrogen) atoms. The first kappa shape index (κ1) is 21.7. The van der Waals surface area contributed by atoms with E-state index in [9.17, 15) is 18.0 Å². The zero-order valence-electron chi connectivity index (χ0n) is 16.0. The van der Waals surface area contributed by atoms with Gasteiger partial charge in [-0.05, 0) is 38.0 Å². The largest absolute Gasteiger partial charge is 0.416 e. The highest BCUT2D eigenvalue weighted by atomic mass is 19.4. The fraction of sp³-hybridized carbons (Fsp3) is 0.632. The Balaban J connectivity index is 1.90. The van der Waals surface area contributed by atoms with Crippen molar-refractivity contribution in [2.75, 3.05) is 26.8 Å². The molecular weight excluding hydrogens is 359 g/mol. The van der Waals surface area contributed by atoms with Crippen LogP contribution in [0.1, 0.15) is 31.4 Å². The number of benzene rings is 1. The number of nitrogens with zero attached hydrogens (tertiary/aromatic N) is 1. The van der Waals surface area contributed by atoms with Crippen LogP contribution in [0.15, 0.2) is 24.3 Å². The highest BCUT2D eigenvalue weighted by Crippen LogP contribution is 2.29. The number of ether oxygens (including phenoxy) is 1. The Morgan fingerprint density at radius 3 is 2.52 bits per heavy atom. The van der Waals surface area contributed by atoms with Crippen LogP contribution in [0.4, 0.5) is 13.2 Å². The Kier molecular flexibility index (Phi) is 7.64. The first-order valence-electron chi connectivity index (χ1n) is 9.14. The first-order chi connectivity index (χ1) is 12.7. The van der Waals surface area contributed by atoms with Gasteiger partial charge >= 0.3 is 6.18 Å². The van der Waals surface area contributed by atoms with Gasteiger partial charge in [0.1, 0.15) is 0 Å². The Hall–Kier alpha value is -1.64. The van der Waals surface area contributed by atoms with E-state index in [2.05, 4.69) is 15.5 Å². The number of nitrogens with one attached hydrogen (secondary N) is 2. The highest BCUT2D eigenvalue weighted by molar-refractivity contribution is 5.82. The Bertz CT molecular complexity index is 605. The van der Waals surface area contributed by atoms with Gasteiger partial charge in [-0.2, -0.15) is 13.2 Å². The molecule has 5 nitrogen and oxygen atoms in total. The summed E-state index contributed by atoms with van der Waals surface area (Å²) in [6.07, 6.45) is -3.66. The zero-order chi connectivity index (χ0) is 20.0. The smallest absolute Gasteiger partial charge is 0.383 e. The number of rotatable bonds is 8. The molecule has 1 amide bonds. The number of likely N-dealkylation sites (tertiary alicyclic amines) is 1. The van der Waals surface area contributed by atoms with Crippen LogP contribution in [0.25, 0.3) is 0 Å². The standard InChI is InChI=1S/C19H28F3N3O2/c1-13(2)25-12-16(10-17(25)18(26)23-8-9-27-3)24-11-14-4-6-15(7-5-14)19(20,21)22/h4-7,13,16-17,24H,8-12H2,1-3H3,(H,23,26)/t16-,17+/m1/s1. The molecule has 2 rings (SSSR count). The number of methoxy groups -OCH3 is 1. The summed E-state index contributed by atoms with van der Waals surface area (Å²) in [4.78, 5) is 14.6. The van der Waals surface area contributed by atoms with Gasteiger partial charge in [0.15, 0.2) is 0 Å². The molecule has 2 atom stereocenters. The summed E-state index contributed by atoms with van der Waals surface area (Å²) >= 11 is 0. The number of hydrogen-bond donors (Lipinski definition) is 2. The van der Waals surface area contributed by atoms with Crippen molar-refractivity contribution in [1.82, 2.24) is 15.5 Å². The number of carbonyl (C=O) groups excluding carboxylic acids is 1. The van der Waals surface area contributed by atoms with E-state index in [0.29, 0.717) is 26.1 Å². The third kappa shape index (κ3) is 6.19. The van der Waals surface area contributed by atoms with E-state index in [1.807, 2.05) is 13.8 Å². The lowest BCUT2D eigenvalue weighted by Crippen LogP contribution is -2.46. The maximum atomic E-state index is 12.6. The van der Waals surface area contributed by atoms with Gasteiger partial charge < -0.3 is 15.4 Å². The number of alkyl halides is 3. The van der Waals surface area contributed by atoms with E-state index in [0.717, 1.165) is 24.2 Å². The van der Waals surface area contributed by atoms with Crippen molar-refractivity contribution in [3.05, 3.63) is 35.4 Å². The van der Waals surface area contributed by atoms with E-state index in [-0.39, 0.29) is 24.0 Å². The minimum Gasteiger partial charge on any atom is -0.383 e. The molecule has 1 fully saturated rings. The van der Waals surface area contributed by atoms with Crippen LogP contribution in [0.5, 0.6) is 0 Å². The summed E-state index contributed by atoms with van der Waals surface area (Å²) in [7, 11) is 1.59. The lowest BCUT2D eigenvalue weighted by atomic mass is 10.1. The summed E-state index contributed by atoms with van der Waals surface area (Å²) < 4.78 is 42.9. The number of carbonyl (C=O) groups is 1. The second-order valence-corrected chi connectivity index (χ2v) is 7.10. The van der Waals surface area contributed by atoms with Gasteiger partial charge in [0.25, 0.3) is 0 Å². The topological polar surface area (TPSA) is 53.6 Å². The second-order valence-electron chi connectivity index (χ2n) is 7.10. The number of halogens is 3. The molecule has 1 aliphatic heterocycles. The quantitative estimate of drug-likeness (QED) is 0.673. The lowest BCUT2D eigenvalue weighted by Gasteiger charge is -2.27. The molecule has 0 spiro atoms. The second kappa shape index (κ2) is 9.52. The monoisotopic (exact) mass is 387 g/mol. The molecule has 0 unspecified atom stereocenters. The van der Waals surface area contributed by atoms with Crippen LogP contribution < -0.4 is 10.6 Å². The molecule has 152 valence electrons. The molecule has 1 aliphatic rings. The molecule has 0 radical (unpaired) electrons. The molecule has 1 aromatic rings. The Morgan fingerprint density at radius 2 is 1.96 bits per heavy atom. The molecule has 0 aliphatic carbocycles. The maximum Gasteiger partial charge on any atom is 0.416 e. The average molecular weight is 387 g/mol. The van der Waals surface area contributed by atoms with E-state index in [4.69, 9.17) is 4.74 Å². The van der Waals surface area contributed by atoms with Crippen molar-refractivity contribution in [2.24, 2.45) is 0 Å². The molecule has 1 heterocycles. The molecule has 2 N–H and O–H groups in total. The Labute approximate surface area is 158 Å². The van der Waals surface area contributed by atoms with Crippen molar-refractivity contribution in [1.29, 1.82) is 0 Å². The van der Waals surface area contributed by atoms with Gasteiger partial charge in [0.05, 0.1) is 18.2 Å². The van der Waals surface area contributed by atoms with Crippen LogP contribution in [-0.2, 0) is 22.3 Å². The molecule has 1 aromatic carbocycles. The van der Waals surface area contributed by atoms with Gasteiger partial charge in [-0.15, -0.1) is 0 Å². The summed E-state index contributed by atoms with van der Waals surface area (Å²) in [5.74, 6) is -0.0143. The molecular formula is C19H28F3N3O2. The van der Waals surface area contributed by atoms with Crippen molar-refractivity contribution in [3.8, 4) is 0 Å². The predicted molar refractivity (Wildman–Crippen MR) is 97.2 cm³/mol. The van der Waals surface area contributed by atoms with E-state index in [1.54, 1.807) is 7.11 Å². The first-order valence-corrected chi connectivity index (χ1v) is 9.14. The lowest BCUT2D eigenvalue weighted by molar-refractivity contribution is -0.137. The summed E-state index contributed by atoms with van der Waals surface area (Å²) in [5.41, 5.74) is 0.137. The number of hydrogen-bond acceptors (Lipinski definition) is 4. The molecule has 0 saturated carbocycles. The predicted octanol–water partition coefficient (Wildman–Crippen LogP) is 2.41. The Morgan fingerprint density at radius 1 is 1.30 bits per heavy atom. The molecule has 8 heteroatoms. The van der Waals surface area contributed by atoms with E-state index < -0.39 is 11.7 Å². The van der Waals surface area contributed by atoms with Crippen LogP contribution >= 0.6 is 0 Å². The van der Waals surface area contributed by atoms with Gasteiger partial charge in [-0.25, -0.2) is 0 Å². The summed E-state index contributed by atoms with van der Waals surface area (Å²) in [6.45, 7) is 6.23. The van der Waals surface area contributed by atoms with Crippen molar-refractivity contribution >= 4 is 5.91 Å². The fourth-order valence-electron chi connectivity index (χ4n) is 3.31. The molecule has 1 saturated heterocycles. The van der Waals surface area contributed by atoms with Gasteiger partial charge in [-0.3, -0.25) is 9.69 Å². The van der Waals surface area contributed by atoms with Gasteiger partial charge in [0.2, 0.25) is 5.91 Å². The van der Waals surface area contributed by atoms with Crippen LogP contribution in [0.3, 0.4) is 0 Å². The van der Waals surface area contributed by atoms with Crippen molar-refractivity contribution in [2.45, 2.75) is 51.1 Å². The molecule has 0 aromatic heterocycles. The third-order valence-corrected chi connectivity index (χ3v) is 4.79. The minimum atomic E-state index is -4.32. The van der Waals surface area contributed by atoms with Crippen LogP contribution in [-0.4, -0.2) is 55.7 Å². The van der Waals surface area contributed by atoms with Crippen LogP contribution in [0, 0.1) is 0 Å². The number of amides is 1. The van der Waals surface area contributed by atoms with E-state index >= 15 is 0 Å². The third-order valence-electron chi connectivity index (χ3n) is 4.79. The maximum absolute atomic E-state index is 12.6.